The van der Waals surface area contributed by atoms with Gasteiger partial charge in [-0.05, 0) is 73.5 Å². The third-order valence-electron chi connectivity index (χ3n) is 7.83. The Morgan fingerprint density at radius 1 is 0.784 bits per heavy atom. The van der Waals surface area contributed by atoms with Gasteiger partial charge in [0.25, 0.3) is 5.91 Å². The number of ether oxygens (including phenoxy) is 4. The van der Waals surface area contributed by atoms with Crippen LogP contribution in [-0.4, -0.2) is 38.5 Å². The average Bonchev–Trinajstić information content (AvgIpc) is 3.12. The second-order valence-electron chi connectivity index (χ2n) is 12.5. The first-order valence-electron chi connectivity index (χ1n) is 16.0. The molecule has 0 unspecified atom stereocenters. The number of nitrogens with one attached hydrogen (secondary N) is 1. The van der Waals surface area contributed by atoms with Crippen molar-refractivity contribution in [1.29, 1.82) is 10.5 Å². The van der Waals surface area contributed by atoms with Crippen molar-refractivity contribution in [3.63, 3.8) is 0 Å². The third-order valence-corrected chi connectivity index (χ3v) is 7.83. The molecule has 2 aromatic heterocycles. The number of fused-ring (bicyclic) bond motifs is 2. The Kier molecular flexibility index (Phi) is 12.1. The predicted octanol–water partition coefficient (Wildman–Crippen LogP) is 5.59. The first kappa shape index (κ1) is 38.0. The van der Waals surface area contributed by atoms with Gasteiger partial charge in [0.15, 0.2) is 0 Å². The number of nitrogens with zero attached hydrogens (tertiary/aromatic N) is 4. The van der Waals surface area contributed by atoms with Crippen LogP contribution in [0.15, 0.2) is 60.9 Å². The highest BCUT2D eigenvalue weighted by molar-refractivity contribution is 5.94. The molecule has 4 heterocycles. The van der Waals surface area contributed by atoms with Crippen LogP contribution in [0.1, 0.15) is 93.2 Å². The summed E-state index contributed by atoms with van der Waals surface area (Å²) in [5, 5.41) is 28.5. The first-order chi connectivity index (χ1) is 24.2. The van der Waals surface area contributed by atoms with Gasteiger partial charge < -0.3 is 35.1 Å². The zero-order valence-electron chi connectivity index (χ0n) is 29.4. The van der Waals surface area contributed by atoms with Crippen molar-refractivity contribution in [3.8, 4) is 23.6 Å². The molecule has 13 heteroatoms. The molecular formula is C38H40N6O7. The number of carbonyl (C=O) groups is 2. The van der Waals surface area contributed by atoms with Crippen LogP contribution < -0.4 is 20.5 Å². The lowest BCUT2D eigenvalue weighted by molar-refractivity contribution is -0.181. The molecule has 0 saturated heterocycles. The normalized spacial score (nSPS) is 14.5. The minimum absolute atomic E-state index is 0.198. The van der Waals surface area contributed by atoms with E-state index in [9.17, 15) is 9.59 Å². The van der Waals surface area contributed by atoms with Gasteiger partial charge >= 0.3 is 5.97 Å². The van der Waals surface area contributed by atoms with Gasteiger partial charge in [-0.2, -0.15) is 10.5 Å². The quantitative estimate of drug-likeness (QED) is 0.234. The number of carbonyl (C=O) groups excluding carboxylic acids is 1. The molecule has 1 amide bonds. The number of amides is 1. The monoisotopic (exact) mass is 692 g/mol. The van der Waals surface area contributed by atoms with E-state index < -0.39 is 17.5 Å². The van der Waals surface area contributed by atoms with Gasteiger partial charge in [-0.3, -0.25) is 14.8 Å². The maximum Gasteiger partial charge on any atom is 0.335 e. The van der Waals surface area contributed by atoms with Gasteiger partial charge in [0.2, 0.25) is 11.6 Å². The molecule has 51 heavy (non-hydrogen) atoms. The molecule has 0 saturated carbocycles. The Balaban J connectivity index is 0.000000190. The summed E-state index contributed by atoms with van der Waals surface area (Å²) in [5.74, 6) is -0.905. The highest BCUT2D eigenvalue weighted by Gasteiger charge is 2.31. The van der Waals surface area contributed by atoms with E-state index in [-0.39, 0.29) is 11.5 Å². The fraction of sp³-hybridized carbons (Fsp3) is 0.316. The summed E-state index contributed by atoms with van der Waals surface area (Å²) < 4.78 is 22.9. The highest BCUT2D eigenvalue weighted by Crippen LogP contribution is 2.36. The van der Waals surface area contributed by atoms with Crippen molar-refractivity contribution < 1.29 is 33.6 Å². The van der Waals surface area contributed by atoms with E-state index in [0.29, 0.717) is 43.0 Å². The van der Waals surface area contributed by atoms with Crippen molar-refractivity contribution in [2.75, 3.05) is 0 Å². The Morgan fingerprint density at radius 2 is 1.22 bits per heavy atom. The van der Waals surface area contributed by atoms with Gasteiger partial charge in [0.1, 0.15) is 11.5 Å². The molecule has 0 aliphatic carbocycles. The lowest BCUT2D eigenvalue weighted by atomic mass is 10.1. The van der Waals surface area contributed by atoms with E-state index in [4.69, 9.17) is 40.3 Å². The van der Waals surface area contributed by atoms with Gasteiger partial charge in [-0.15, -0.1) is 0 Å². The fourth-order valence-electron chi connectivity index (χ4n) is 4.97. The van der Waals surface area contributed by atoms with Crippen LogP contribution >= 0.6 is 0 Å². The van der Waals surface area contributed by atoms with Crippen LogP contribution in [0.3, 0.4) is 0 Å². The molecule has 2 aliphatic rings. The second-order valence-corrected chi connectivity index (χ2v) is 12.5. The standard InChI is InChI=1S/C19H19N3O3.C11H16N2O2.C8H5NO2/c1-12-17-16(11-24-19(2,3)25-17)15(9-21-12)10-22-18(23)14-6-4-13(8-20)5-7-14;1-7-10-9(8(4-12)5-13-7)6-14-11(2,3)15-10;9-5-6-1-3-7(4-2-6)8(10)11/h4-7,9H,10-11H2,1-3H3,(H,22,23);5H,4,6,12H2,1-3H3;1-4H,(H,10,11). The number of nitriles is 2. The van der Waals surface area contributed by atoms with Crippen molar-refractivity contribution in [2.45, 2.75) is 79.4 Å². The number of carboxylic acid groups (broad SMARTS) is 1. The molecule has 0 radical (unpaired) electrons. The molecule has 13 nitrogen and oxygen atoms in total. The third kappa shape index (κ3) is 9.86. The fourth-order valence-corrected chi connectivity index (χ4v) is 4.97. The number of hydrogen-bond donors (Lipinski definition) is 3. The number of hydrogen-bond acceptors (Lipinski definition) is 11. The summed E-state index contributed by atoms with van der Waals surface area (Å²) in [6, 6.07) is 16.2. The SMILES string of the molecule is Cc1ncc(CN)c2c1OC(C)(C)OC2.Cc1ncc(CNC(=O)c2ccc(C#N)cc2)c2c1OC(C)(C)OC2.N#Cc1ccc(C(=O)O)cc1. The maximum absolute atomic E-state index is 12.3. The van der Waals surface area contributed by atoms with Crippen LogP contribution in [0.2, 0.25) is 0 Å². The van der Waals surface area contributed by atoms with E-state index in [1.165, 1.54) is 24.3 Å². The van der Waals surface area contributed by atoms with Crippen molar-refractivity contribution in [2.24, 2.45) is 5.73 Å². The van der Waals surface area contributed by atoms with Gasteiger partial charge in [-0.25, -0.2) is 4.79 Å². The Labute approximate surface area is 296 Å². The van der Waals surface area contributed by atoms with Crippen LogP contribution in [0, 0.1) is 36.5 Å². The molecule has 0 spiro atoms. The summed E-state index contributed by atoms with van der Waals surface area (Å²) in [5.41, 5.74) is 12.8. The zero-order valence-corrected chi connectivity index (χ0v) is 29.4. The number of aromatic nitrogens is 2. The summed E-state index contributed by atoms with van der Waals surface area (Å²) in [4.78, 5) is 31.2. The van der Waals surface area contributed by atoms with Crippen LogP contribution in [0.5, 0.6) is 11.5 Å². The maximum atomic E-state index is 12.3. The predicted molar refractivity (Wildman–Crippen MR) is 185 cm³/mol. The molecular weight excluding hydrogens is 652 g/mol. The molecule has 4 aromatic rings. The number of nitrogens with two attached hydrogens (primary N) is 1. The lowest BCUT2D eigenvalue weighted by Gasteiger charge is -2.34. The molecule has 4 N–H and O–H groups in total. The molecule has 2 aromatic carbocycles. The smallest absolute Gasteiger partial charge is 0.335 e. The number of benzene rings is 2. The molecule has 2 aliphatic heterocycles. The molecule has 6 rings (SSSR count). The minimum atomic E-state index is -0.977. The second kappa shape index (κ2) is 16.2. The summed E-state index contributed by atoms with van der Waals surface area (Å²) in [6.45, 7) is 13.1. The van der Waals surface area contributed by atoms with Crippen molar-refractivity contribution >= 4 is 11.9 Å². The van der Waals surface area contributed by atoms with Crippen LogP contribution in [0.25, 0.3) is 0 Å². The Morgan fingerprint density at radius 3 is 1.65 bits per heavy atom. The number of aryl methyl sites for hydroxylation is 2. The van der Waals surface area contributed by atoms with Gasteiger partial charge in [-0.1, -0.05) is 0 Å². The molecule has 0 bridgehead atoms. The van der Waals surface area contributed by atoms with Crippen LogP contribution in [-0.2, 0) is 35.8 Å². The molecule has 0 atom stereocenters. The summed E-state index contributed by atoms with van der Waals surface area (Å²) in [7, 11) is 0. The molecule has 0 fully saturated rings. The van der Waals surface area contributed by atoms with Crippen LogP contribution in [0.4, 0.5) is 0 Å². The highest BCUT2D eigenvalue weighted by atomic mass is 16.7. The summed E-state index contributed by atoms with van der Waals surface area (Å²) >= 11 is 0. The Hall–Kier alpha value is -5.86. The topological polar surface area (TPSA) is 203 Å². The van der Waals surface area contributed by atoms with E-state index in [1.807, 2.05) is 53.7 Å². The van der Waals surface area contributed by atoms with E-state index in [0.717, 1.165) is 45.1 Å². The first-order valence-corrected chi connectivity index (χ1v) is 16.0. The van der Waals surface area contributed by atoms with Gasteiger partial charge in [0, 0.05) is 69.9 Å². The van der Waals surface area contributed by atoms with E-state index in [2.05, 4.69) is 15.3 Å². The van der Waals surface area contributed by atoms with Crippen molar-refractivity contribution in [1.82, 2.24) is 15.3 Å². The minimum Gasteiger partial charge on any atom is -0.478 e. The number of aromatic carboxylic acids is 1. The lowest BCUT2D eigenvalue weighted by Crippen LogP contribution is -2.36. The number of rotatable bonds is 5. The van der Waals surface area contributed by atoms with E-state index >= 15 is 0 Å². The van der Waals surface area contributed by atoms with Gasteiger partial charge in [0.05, 0.1) is 53.4 Å². The van der Waals surface area contributed by atoms with E-state index in [1.54, 1.807) is 36.7 Å². The Bertz CT molecular complexity index is 1980. The number of pyridine rings is 2. The average molecular weight is 693 g/mol. The zero-order chi connectivity index (χ0) is 37.3. The molecule has 264 valence electrons. The summed E-state index contributed by atoms with van der Waals surface area (Å²) in [6.07, 6.45) is 3.53. The number of carboxylic acids is 1. The van der Waals surface area contributed by atoms with Crippen molar-refractivity contribution in [3.05, 3.63) is 117 Å². The largest absolute Gasteiger partial charge is 0.478 e.